The predicted molar refractivity (Wildman–Crippen MR) is 73.3 cm³/mol. The number of pyridine rings is 1. The molecule has 1 aromatic rings. The van der Waals surface area contributed by atoms with Crippen LogP contribution in [0.3, 0.4) is 0 Å². The summed E-state index contributed by atoms with van der Waals surface area (Å²) in [6.07, 6.45) is 3.97. The summed E-state index contributed by atoms with van der Waals surface area (Å²) in [5.41, 5.74) is 7.75. The highest BCUT2D eigenvalue weighted by atomic mass is 32.1. The molecule has 17 heavy (non-hydrogen) atoms. The maximum atomic E-state index is 5.80. The Kier molecular flexibility index (Phi) is 2.54. The van der Waals surface area contributed by atoms with E-state index in [1.165, 1.54) is 19.3 Å². The van der Waals surface area contributed by atoms with Gasteiger partial charge in [0.15, 0.2) is 0 Å². The number of nitrogens with two attached hydrogens (primary N) is 1. The van der Waals surface area contributed by atoms with Gasteiger partial charge in [-0.05, 0) is 44.2 Å². The highest BCUT2D eigenvalue weighted by molar-refractivity contribution is 7.80. The van der Waals surface area contributed by atoms with Crippen molar-refractivity contribution >= 4 is 23.0 Å². The zero-order chi connectivity index (χ0) is 12.0. The SMILES string of the molecule is Cc1ccc(C(N)=S)c(N2CC3CCC2C3)n1. The van der Waals surface area contributed by atoms with Gasteiger partial charge >= 0.3 is 0 Å². The number of aryl methyl sites for hydroxylation is 1. The van der Waals surface area contributed by atoms with Gasteiger partial charge in [-0.15, -0.1) is 0 Å². The van der Waals surface area contributed by atoms with E-state index < -0.39 is 0 Å². The number of rotatable bonds is 2. The summed E-state index contributed by atoms with van der Waals surface area (Å²) in [6.45, 7) is 3.14. The Bertz CT molecular complexity index is 472. The molecule has 0 radical (unpaired) electrons. The van der Waals surface area contributed by atoms with Crippen LogP contribution in [0.2, 0.25) is 0 Å². The fourth-order valence-corrected chi connectivity index (χ4v) is 3.30. The molecule has 1 aliphatic carbocycles. The highest BCUT2D eigenvalue weighted by Gasteiger charge is 2.39. The molecule has 0 spiro atoms. The number of hydrogen-bond acceptors (Lipinski definition) is 3. The van der Waals surface area contributed by atoms with Crippen LogP contribution in [0.1, 0.15) is 30.5 Å². The van der Waals surface area contributed by atoms with Crippen LogP contribution in [0, 0.1) is 12.8 Å². The third-order valence-corrected chi connectivity index (χ3v) is 4.18. The predicted octanol–water partition coefficient (Wildman–Crippen LogP) is 2.01. The average molecular weight is 247 g/mol. The normalized spacial score (nSPS) is 26.5. The second-order valence-corrected chi connectivity index (χ2v) is 5.61. The number of anilines is 1. The first-order valence-electron chi connectivity index (χ1n) is 6.19. The Morgan fingerprint density at radius 1 is 1.47 bits per heavy atom. The van der Waals surface area contributed by atoms with Crippen LogP contribution in [-0.2, 0) is 0 Å². The second kappa shape index (κ2) is 3.95. The molecule has 4 heteroatoms. The van der Waals surface area contributed by atoms with Gasteiger partial charge in [-0.3, -0.25) is 0 Å². The van der Waals surface area contributed by atoms with Gasteiger partial charge < -0.3 is 10.6 Å². The van der Waals surface area contributed by atoms with Crippen molar-refractivity contribution in [2.75, 3.05) is 11.4 Å². The number of nitrogens with zero attached hydrogens (tertiary/aromatic N) is 2. The molecule has 2 unspecified atom stereocenters. The Labute approximate surface area is 107 Å². The smallest absolute Gasteiger partial charge is 0.139 e. The van der Waals surface area contributed by atoms with E-state index in [2.05, 4.69) is 9.88 Å². The summed E-state index contributed by atoms with van der Waals surface area (Å²) in [5, 5.41) is 0. The van der Waals surface area contributed by atoms with Gasteiger partial charge in [-0.25, -0.2) is 4.98 Å². The molecule has 0 amide bonds. The lowest BCUT2D eigenvalue weighted by Gasteiger charge is -2.29. The molecule has 1 aliphatic heterocycles. The average Bonchev–Trinajstić information content (AvgIpc) is 2.90. The third-order valence-electron chi connectivity index (χ3n) is 3.96. The van der Waals surface area contributed by atoms with Gasteiger partial charge in [0.05, 0.1) is 5.56 Å². The maximum absolute atomic E-state index is 5.80. The van der Waals surface area contributed by atoms with Gasteiger partial charge in [0.25, 0.3) is 0 Å². The van der Waals surface area contributed by atoms with E-state index >= 15 is 0 Å². The van der Waals surface area contributed by atoms with Crippen LogP contribution in [0.4, 0.5) is 5.82 Å². The fourth-order valence-electron chi connectivity index (χ4n) is 3.14. The quantitative estimate of drug-likeness (QED) is 0.812. The van der Waals surface area contributed by atoms with Crippen molar-refractivity contribution < 1.29 is 0 Å². The topological polar surface area (TPSA) is 42.1 Å². The summed E-state index contributed by atoms with van der Waals surface area (Å²) in [4.78, 5) is 7.52. The number of hydrogen-bond donors (Lipinski definition) is 1. The molecule has 2 atom stereocenters. The monoisotopic (exact) mass is 247 g/mol. The first kappa shape index (κ1) is 11.0. The van der Waals surface area contributed by atoms with Crippen molar-refractivity contribution in [3.05, 3.63) is 23.4 Å². The molecule has 1 saturated carbocycles. The minimum atomic E-state index is 0.454. The zero-order valence-electron chi connectivity index (χ0n) is 10.0. The summed E-state index contributed by atoms with van der Waals surface area (Å²) in [7, 11) is 0. The minimum absolute atomic E-state index is 0.454. The highest BCUT2D eigenvalue weighted by Crippen LogP contribution is 2.40. The van der Waals surface area contributed by atoms with Crippen molar-refractivity contribution in [1.82, 2.24) is 4.98 Å². The molecule has 2 aliphatic rings. The first-order chi connectivity index (χ1) is 8.15. The van der Waals surface area contributed by atoms with Crippen LogP contribution in [0.25, 0.3) is 0 Å². The Morgan fingerprint density at radius 2 is 2.29 bits per heavy atom. The van der Waals surface area contributed by atoms with E-state index in [1.54, 1.807) is 0 Å². The molecule has 1 aromatic heterocycles. The van der Waals surface area contributed by atoms with Gasteiger partial charge in [-0.2, -0.15) is 0 Å². The Balaban J connectivity index is 2.01. The fraction of sp³-hybridized carbons (Fsp3) is 0.538. The van der Waals surface area contributed by atoms with E-state index in [1.807, 2.05) is 19.1 Å². The lowest BCUT2D eigenvalue weighted by Crippen LogP contribution is -2.34. The summed E-state index contributed by atoms with van der Waals surface area (Å²) in [6, 6.07) is 4.64. The van der Waals surface area contributed by atoms with Crippen LogP contribution in [0.15, 0.2) is 12.1 Å². The number of aromatic nitrogens is 1. The zero-order valence-corrected chi connectivity index (χ0v) is 10.8. The molecule has 2 N–H and O–H groups in total. The van der Waals surface area contributed by atoms with Crippen molar-refractivity contribution in [3.8, 4) is 0 Å². The first-order valence-corrected chi connectivity index (χ1v) is 6.60. The van der Waals surface area contributed by atoms with E-state index in [4.69, 9.17) is 18.0 Å². The summed E-state index contributed by atoms with van der Waals surface area (Å²) in [5.74, 6) is 1.85. The van der Waals surface area contributed by atoms with E-state index in [0.29, 0.717) is 11.0 Å². The number of thiocarbonyl (C=S) groups is 1. The van der Waals surface area contributed by atoms with E-state index in [9.17, 15) is 0 Å². The van der Waals surface area contributed by atoms with Crippen molar-refractivity contribution in [1.29, 1.82) is 0 Å². The Hall–Kier alpha value is -1.16. The molecular formula is C13H17N3S. The van der Waals surface area contributed by atoms with Gasteiger partial charge in [0.2, 0.25) is 0 Å². The van der Waals surface area contributed by atoms with Crippen molar-refractivity contribution in [2.24, 2.45) is 11.7 Å². The minimum Gasteiger partial charge on any atom is -0.389 e. The van der Waals surface area contributed by atoms with E-state index in [0.717, 1.165) is 29.5 Å². The van der Waals surface area contributed by atoms with Crippen LogP contribution in [-0.4, -0.2) is 22.6 Å². The molecule has 0 aromatic carbocycles. The molecule has 2 heterocycles. The van der Waals surface area contributed by atoms with Crippen LogP contribution in [0.5, 0.6) is 0 Å². The largest absolute Gasteiger partial charge is 0.389 e. The van der Waals surface area contributed by atoms with Crippen molar-refractivity contribution in [2.45, 2.75) is 32.2 Å². The van der Waals surface area contributed by atoms with Gasteiger partial charge in [-0.1, -0.05) is 12.2 Å². The molecule has 90 valence electrons. The lowest BCUT2D eigenvalue weighted by atomic mass is 10.1. The lowest BCUT2D eigenvalue weighted by molar-refractivity contribution is 0.550. The van der Waals surface area contributed by atoms with Gasteiger partial charge in [0, 0.05) is 18.3 Å². The summed E-state index contributed by atoms with van der Waals surface area (Å²) >= 11 is 5.13. The summed E-state index contributed by atoms with van der Waals surface area (Å²) < 4.78 is 0. The Morgan fingerprint density at radius 3 is 2.88 bits per heavy atom. The van der Waals surface area contributed by atoms with Crippen LogP contribution >= 0.6 is 12.2 Å². The molecule has 3 rings (SSSR count). The van der Waals surface area contributed by atoms with Gasteiger partial charge in [0.1, 0.15) is 10.8 Å². The standard InChI is InChI=1S/C13H17N3S/c1-8-2-5-11(12(14)17)13(15-8)16-7-9-3-4-10(16)6-9/h2,5,9-10H,3-4,6-7H2,1H3,(H2,14,17). The maximum Gasteiger partial charge on any atom is 0.139 e. The molecule has 2 fully saturated rings. The molecular weight excluding hydrogens is 230 g/mol. The molecule has 1 saturated heterocycles. The number of fused-ring (bicyclic) bond motifs is 2. The third kappa shape index (κ3) is 1.80. The van der Waals surface area contributed by atoms with E-state index in [-0.39, 0.29) is 0 Å². The van der Waals surface area contributed by atoms with Crippen LogP contribution < -0.4 is 10.6 Å². The second-order valence-electron chi connectivity index (χ2n) is 5.17. The molecule has 3 nitrogen and oxygen atoms in total. The molecule has 2 bridgehead atoms. The number of piperidine rings is 1. The van der Waals surface area contributed by atoms with Crippen molar-refractivity contribution in [3.63, 3.8) is 0 Å².